The van der Waals surface area contributed by atoms with Crippen LogP contribution in [-0.4, -0.2) is 32.4 Å². The summed E-state index contributed by atoms with van der Waals surface area (Å²) >= 11 is 0. The minimum atomic E-state index is -0.514. The number of aliphatic imine (C=N–C) groups is 1. The van der Waals surface area contributed by atoms with Gasteiger partial charge in [-0.25, -0.2) is 9.79 Å². The SMILES string of the molecule is CCCOc1cc(/C=C2\N=C(c3ccc4c(c3)OCO4)OC2=O)ccc1OC. The molecule has 0 aromatic heterocycles. The zero-order valence-electron chi connectivity index (χ0n) is 15.6. The van der Waals surface area contributed by atoms with Gasteiger partial charge in [0, 0.05) is 5.56 Å². The molecule has 144 valence electrons. The highest BCUT2D eigenvalue weighted by Crippen LogP contribution is 2.34. The normalized spacial score (nSPS) is 16.1. The number of hydrogen-bond donors (Lipinski definition) is 0. The van der Waals surface area contributed by atoms with E-state index in [1.54, 1.807) is 37.5 Å². The molecule has 0 saturated carbocycles. The molecular formula is C21H19NO6. The van der Waals surface area contributed by atoms with Crippen molar-refractivity contribution in [1.29, 1.82) is 0 Å². The monoisotopic (exact) mass is 381 g/mol. The van der Waals surface area contributed by atoms with Crippen LogP contribution in [0.3, 0.4) is 0 Å². The van der Waals surface area contributed by atoms with Crippen LogP contribution in [-0.2, 0) is 9.53 Å². The molecule has 2 aliphatic heterocycles. The van der Waals surface area contributed by atoms with Crippen molar-refractivity contribution >= 4 is 17.9 Å². The van der Waals surface area contributed by atoms with Gasteiger partial charge < -0.3 is 23.7 Å². The van der Waals surface area contributed by atoms with E-state index in [1.165, 1.54) is 0 Å². The highest BCUT2D eigenvalue weighted by molar-refractivity contribution is 6.13. The lowest BCUT2D eigenvalue weighted by atomic mass is 10.1. The third-order valence-electron chi connectivity index (χ3n) is 4.19. The summed E-state index contributed by atoms with van der Waals surface area (Å²) in [5.41, 5.74) is 1.61. The van der Waals surface area contributed by atoms with E-state index in [-0.39, 0.29) is 18.4 Å². The van der Waals surface area contributed by atoms with E-state index < -0.39 is 5.97 Å². The van der Waals surface area contributed by atoms with Crippen LogP contribution in [0.4, 0.5) is 0 Å². The second-order valence-corrected chi connectivity index (χ2v) is 6.16. The third kappa shape index (κ3) is 3.51. The number of nitrogens with zero attached hydrogens (tertiary/aromatic N) is 1. The zero-order valence-corrected chi connectivity index (χ0v) is 15.6. The Morgan fingerprint density at radius 2 is 1.96 bits per heavy atom. The summed E-state index contributed by atoms with van der Waals surface area (Å²) in [7, 11) is 1.59. The number of methoxy groups -OCH3 is 1. The Morgan fingerprint density at radius 3 is 2.79 bits per heavy atom. The van der Waals surface area contributed by atoms with Crippen LogP contribution in [0.2, 0.25) is 0 Å². The first kappa shape index (κ1) is 17.9. The van der Waals surface area contributed by atoms with Gasteiger partial charge in [-0.1, -0.05) is 13.0 Å². The van der Waals surface area contributed by atoms with Crippen LogP contribution >= 0.6 is 0 Å². The van der Waals surface area contributed by atoms with Gasteiger partial charge in [0.15, 0.2) is 28.7 Å². The predicted molar refractivity (Wildman–Crippen MR) is 102 cm³/mol. The van der Waals surface area contributed by atoms with Crippen LogP contribution in [0.15, 0.2) is 47.1 Å². The van der Waals surface area contributed by atoms with Gasteiger partial charge in [-0.2, -0.15) is 0 Å². The molecule has 0 amide bonds. The van der Waals surface area contributed by atoms with Crippen molar-refractivity contribution in [2.24, 2.45) is 4.99 Å². The molecule has 0 unspecified atom stereocenters. The lowest BCUT2D eigenvalue weighted by Crippen LogP contribution is -2.05. The Bertz CT molecular complexity index is 979. The van der Waals surface area contributed by atoms with E-state index in [0.717, 1.165) is 12.0 Å². The van der Waals surface area contributed by atoms with Crippen molar-refractivity contribution in [2.75, 3.05) is 20.5 Å². The van der Waals surface area contributed by atoms with Crippen molar-refractivity contribution in [2.45, 2.75) is 13.3 Å². The molecule has 4 rings (SSSR count). The van der Waals surface area contributed by atoms with Gasteiger partial charge >= 0.3 is 5.97 Å². The van der Waals surface area contributed by atoms with Gasteiger partial charge in [-0.05, 0) is 48.4 Å². The van der Waals surface area contributed by atoms with E-state index in [1.807, 2.05) is 19.1 Å². The summed E-state index contributed by atoms with van der Waals surface area (Å²) in [6.45, 7) is 2.78. The number of cyclic esters (lactones) is 1. The molecule has 7 heteroatoms. The predicted octanol–water partition coefficient (Wildman–Crippen LogP) is 3.56. The van der Waals surface area contributed by atoms with Gasteiger partial charge in [-0.3, -0.25) is 0 Å². The highest BCUT2D eigenvalue weighted by Gasteiger charge is 2.26. The van der Waals surface area contributed by atoms with Crippen LogP contribution < -0.4 is 18.9 Å². The molecule has 28 heavy (non-hydrogen) atoms. The summed E-state index contributed by atoms with van der Waals surface area (Å²) < 4.78 is 27.0. The topological polar surface area (TPSA) is 75.6 Å². The Kier molecular flexibility index (Phi) is 4.89. The number of carbonyl (C=O) groups is 1. The number of benzene rings is 2. The lowest BCUT2D eigenvalue weighted by molar-refractivity contribution is -0.129. The van der Waals surface area contributed by atoms with Gasteiger partial charge in [0.05, 0.1) is 13.7 Å². The molecule has 0 spiro atoms. The maximum Gasteiger partial charge on any atom is 0.363 e. The molecule has 7 nitrogen and oxygen atoms in total. The molecule has 0 bridgehead atoms. The van der Waals surface area contributed by atoms with Crippen LogP contribution in [0.25, 0.3) is 6.08 Å². The first-order chi connectivity index (χ1) is 13.7. The van der Waals surface area contributed by atoms with Crippen LogP contribution in [0.5, 0.6) is 23.0 Å². The largest absolute Gasteiger partial charge is 0.493 e. The second kappa shape index (κ2) is 7.64. The van der Waals surface area contributed by atoms with Crippen LogP contribution in [0.1, 0.15) is 24.5 Å². The van der Waals surface area contributed by atoms with E-state index in [0.29, 0.717) is 35.2 Å². The fourth-order valence-electron chi connectivity index (χ4n) is 2.83. The van der Waals surface area contributed by atoms with Gasteiger partial charge in [0.2, 0.25) is 12.7 Å². The number of fused-ring (bicyclic) bond motifs is 1. The van der Waals surface area contributed by atoms with E-state index in [2.05, 4.69) is 4.99 Å². The standard InChI is InChI=1S/C21H19NO6/c1-3-8-25-18-10-13(4-6-16(18)24-2)9-15-21(23)28-20(22-15)14-5-7-17-19(11-14)27-12-26-17/h4-7,9-11H,3,8,12H2,1-2H3/b15-9-. The molecule has 2 aromatic rings. The number of ether oxygens (including phenoxy) is 5. The minimum Gasteiger partial charge on any atom is -0.493 e. The Balaban J connectivity index is 1.62. The minimum absolute atomic E-state index is 0.177. The first-order valence-corrected chi connectivity index (χ1v) is 8.91. The van der Waals surface area contributed by atoms with E-state index >= 15 is 0 Å². The zero-order chi connectivity index (χ0) is 19.5. The lowest BCUT2D eigenvalue weighted by Gasteiger charge is -2.10. The summed E-state index contributed by atoms with van der Waals surface area (Å²) in [6.07, 6.45) is 2.53. The molecule has 0 radical (unpaired) electrons. The maximum atomic E-state index is 12.3. The maximum absolute atomic E-state index is 12.3. The van der Waals surface area contributed by atoms with Gasteiger partial charge in [-0.15, -0.1) is 0 Å². The Hall–Kier alpha value is -3.48. The molecule has 0 fully saturated rings. The number of hydrogen-bond acceptors (Lipinski definition) is 7. The van der Waals surface area contributed by atoms with Gasteiger partial charge in [0.1, 0.15) is 0 Å². The fraction of sp³-hybridized carbons (Fsp3) is 0.238. The van der Waals surface area contributed by atoms with Crippen molar-refractivity contribution < 1.29 is 28.5 Å². The number of esters is 1. The Labute approximate surface area is 162 Å². The summed E-state index contributed by atoms with van der Waals surface area (Å²) in [6, 6.07) is 10.7. The average molecular weight is 381 g/mol. The fourth-order valence-corrected chi connectivity index (χ4v) is 2.83. The highest BCUT2D eigenvalue weighted by atomic mass is 16.7. The molecule has 0 atom stereocenters. The van der Waals surface area contributed by atoms with Crippen molar-refractivity contribution in [3.05, 3.63) is 53.2 Å². The van der Waals surface area contributed by atoms with E-state index in [9.17, 15) is 4.79 Å². The summed E-state index contributed by atoms with van der Waals surface area (Å²) in [4.78, 5) is 16.6. The number of carbonyl (C=O) groups excluding carboxylic acids is 1. The van der Waals surface area contributed by atoms with Crippen molar-refractivity contribution in [3.63, 3.8) is 0 Å². The third-order valence-corrected chi connectivity index (χ3v) is 4.19. The summed E-state index contributed by atoms with van der Waals surface area (Å²) in [5, 5.41) is 0. The number of rotatable bonds is 6. The molecule has 2 aromatic carbocycles. The molecule has 2 aliphatic rings. The van der Waals surface area contributed by atoms with Crippen LogP contribution in [0, 0.1) is 0 Å². The smallest absolute Gasteiger partial charge is 0.363 e. The molecular weight excluding hydrogens is 362 g/mol. The molecule has 0 aliphatic carbocycles. The quantitative estimate of drug-likeness (QED) is 0.563. The first-order valence-electron chi connectivity index (χ1n) is 8.91. The molecule has 0 N–H and O–H groups in total. The second-order valence-electron chi connectivity index (χ2n) is 6.16. The molecule has 2 heterocycles. The van der Waals surface area contributed by atoms with Crippen molar-refractivity contribution in [3.8, 4) is 23.0 Å². The average Bonchev–Trinajstić information content (AvgIpc) is 3.32. The Morgan fingerprint density at radius 1 is 1.11 bits per heavy atom. The van der Waals surface area contributed by atoms with E-state index in [4.69, 9.17) is 23.7 Å². The summed E-state index contributed by atoms with van der Waals surface area (Å²) in [5.74, 6) is 2.22. The molecule has 0 saturated heterocycles. The van der Waals surface area contributed by atoms with Gasteiger partial charge in [0.25, 0.3) is 0 Å². The van der Waals surface area contributed by atoms with Crippen molar-refractivity contribution in [1.82, 2.24) is 0 Å².